The highest BCUT2D eigenvalue weighted by molar-refractivity contribution is 5.77. The Bertz CT molecular complexity index is 977. The van der Waals surface area contributed by atoms with Gasteiger partial charge in [-0.1, -0.05) is 243 Å². The lowest BCUT2D eigenvalue weighted by Crippen LogP contribution is -2.46. The first-order chi connectivity index (χ1) is 29.0. The number of aliphatic hydroxyl groups is 2. The second-order valence-electron chi connectivity index (χ2n) is 17.6. The molecule has 0 aliphatic carbocycles. The Morgan fingerprint density at radius 2 is 0.915 bits per heavy atom. The van der Waals surface area contributed by atoms with E-state index in [2.05, 4.69) is 62.5 Å². The number of hydrogen-bond acceptors (Lipinski definition) is 5. The number of aliphatic hydroxyl groups excluding tert-OH is 2. The van der Waals surface area contributed by atoms with Crippen LogP contribution in [0.1, 0.15) is 265 Å². The Morgan fingerprint density at radius 1 is 0.508 bits per heavy atom. The standard InChI is InChI=1S/C53H99NO5/c1-4-7-10-13-16-19-22-25-26-28-30-33-36-39-42-45-51(56)50(48-55)54-52(57)47-49(44-41-38-35-32-29-27-23-20-17-14-11-8-5-2)59-53(58)46-43-40-37-34-31-24-21-18-15-12-9-6-3/h8,11,14,17,20,23,49-51,55-56H,4-7,9-10,12-13,15-16,18-19,21-22,24-48H2,1-3H3,(H,54,57)/b11-8+,17-14+,23-20+. The zero-order valence-electron chi connectivity index (χ0n) is 39.4. The number of amides is 1. The van der Waals surface area contributed by atoms with Gasteiger partial charge in [0.2, 0.25) is 5.91 Å². The highest BCUT2D eigenvalue weighted by atomic mass is 16.5. The van der Waals surface area contributed by atoms with Gasteiger partial charge in [-0.3, -0.25) is 9.59 Å². The van der Waals surface area contributed by atoms with Crippen molar-refractivity contribution in [3.8, 4) is 0 Å². The van der Waals surface area contributed by atoms with Gasteiger partial charge in [-0.15, -0.1) is 0 Å². The van der Waals surface area contributed by atoms with E-state index in [0.29, 0.717) is 19.3 Å². The molecule has 59 heavy (non-hydrogen) atoms. The zero-order chi connectivity index (χ0) is 43.1. The van der Waals surface area contributed by atoms with Crippen LogP contribution in [0.15, 0.2) is 36.5 Å². The molecule has 3 N–H and O–H groups in total. The molecule has 346 valence electrons. The van der Waals surface area contributed by atoms with Crippen LogP contribution in [0.5, 0.6) is 0 Å². The Morgan fingerprint density at radius 3 is 1.37 bits per heavy atom. The highest BCUT2D eigenvalue weighted by Crippen LogP contribution is 2.18. The number of carbonyl (C=O) groups is 2. The molecule has 0 saturated carbocycles. The Labute approximate surface area is 366 Å². The molecule has 0 rings (SSSR count). The van der Waals surface area contributed by atoms with Crippen molar-refractivity contribution in [3.05, 3.63) is 36.5 Å². The number of hydrogen-bond donors (Lipinski definition) is 3. The second kappa shape index (κ2) is 47.1. The van der Waals surface area contributed by atoms with E-state index in [-0.39, 0.29) is 24.9 Å². The molecule has 6 nitrogen and oxygen atoms in total. The maximum Gasteiger partial charge on any atom is 0.306 e. The predicted octanol–water partition coefficient (Wildman–Crippen LogP) is 15.3. The minimum Gasteiger partial charge on any atom is -0.462 e. The number of rotatable bonds is 46. The molecule has 0 aliphatic heterocycles. The van der Waals surface area contributed by atoms with E-state index >= 15 is 0 Å². The van der Waals surface area contributed by atoms with Gasteiger partial charge in [0.25, 0.3) is 0 Å². The van der Waals surface area contributed by atoms with Crippen molar-refractivity contribution >= 4 is 11.9 Å². The van der Waals surface area contributed by atoms with Gasteiger partial charge >= 0.3 is 5.97 Å². The van der Waals surface area contributed by atoms with Gasteiger partial charge in [0.15, 0.2) is 0 Å². The molecular weight excluding hydrogens is 731 g/mol. The second-order valence-corrected chi connectivity index (χ2v) is 17.6. The van der Waals surface area contributed by atoms with Crippen molar-refractivity contribution in [3.63, 3.8) is 0 Å². The molecule has 0 fully saturated rings. The van der Waals surface area contributed by atoms with Crippen LogP contribution < -0.4 is 5.32 Å². The maximum atomic E-state index is 13.2. The van der Waals surface area contributed by atoms with Gasteiger partial charge < -0.3 is 20.3 Å². The van der Waals surface area contributed by atoms with E-state index in [1.54, 1.807) is 0 Å². The molecule has 0 bridgehead atoms. The third-order valence-corrected chi connectivity index (χ3v) is 11.8. The van der Waals surface area contributed by atoms with Crippen LogP contribution in [0.4, 0.5) is 0 Å². The molecule has 0 aliphatic rings. The van der Waals surface area contributed by atoms with E-state index in [1.807, 2.05) is 0 Å². The summed E-state index contributed by atoms with van der Waals surface area (Å²) in [5, 5.41) is 23.8. The van der Waals surface area contributed by atoms with Gasteiger partial charge in [0, 0.05) is 6.42 Å². The summed E-state index contributed by atoms with van der Waals surface area (Å²) in [5.41, 5.74) is 0. The smallest absolute Gasteiger partial charge is 0.306 e. The lowest BCUT2D eigenvalue weighted by molar-refractivity contribution is -0.151. The number of nitrogens with one attached hydrogen (secondary N) is 1. The summed E-state index contributed by atoms with van der Waals surface area (Å²) >= 11 is 0. The number of esters is 1. The minimum atomic E-state index is -0.790. The number of ether oxygens (including phenoxy) is 1. The fourth-order valence-electron chi connectivity index (χ4n) is 7.90. The zero-order valence-corrected chi connectivity index (χ0v) is 39.4. The fourth-order valence-corrected chi connectivity index (χ4v) is 7.90. The van der Waals surface area contributed by atoms with Crippen molar-refractivity contribution in [2.75, 3.05) is 6.61 Å². The molecule has 0 saturated heterocycles. The molecular formula is C53H99NO5. The Kier molecular flexibility index (Phi) is 45.6. The molecule has 0 spiro atoms. The van der Waals surface area contributed by atoms with Crippen LogP contribution in [0.3, 0.4) is 0 Å². The van der Waals surface area contributed by atoms with E-state index in [4.69, 9.17) is 4.74 Å². The molecule has 0 aromatic rings. The minimum absolute atomic E-state index is 0.0676. The first-order valence-electron chi connectivity index (χ1n) is 25.7. The number of allylic oxidation sites excluding steroid dienone is 6. The quantitative estimate of drug-likeness (QED) is 0.0323. The third-order valence-electron chi connectivity index (χ3n) is 11.8. The van der Waals surface area contributed by atoms with Crippen molar-refractivity contribution < 1.29 is 24.5 Å². The lowest BCUT2D eigenvalue weighted by atomic mass is 10.0. The average Bonchev–Trinajstić information content (AvgIpc) is 3.23. The fraction of sp³-hybridized carbons (Fsp3) is 0.849. The van der Waals surface area contributed by atoms with Crippen LogP contribution in [0.2, 0.25) is 0 Å². The van der Waals surface area contributed by atoms with Crippen molar-refractivity contribution in [2.24, 2.45) is 0 Å². The van der Waals surface area contributed by atoms with E-state index < -0.39 is 18.2 Å². The topological polar surface area (TPSA) is 95.9 Å². The molecule has 3 unspecified atom stereocenters. The highest BCUT2D eigenvalue weighted by Gasteiger charge is 2.24. The van der Waals surface area contributed by atoms with Crippen molar-refractivity contribution in [1.29, 1.82) is 0 Å². The number of unbranched alkanes of at least 4 members (excludes halogenated alkanes) is 30. The molecule has 6 heteroatoms. The van der Waals surface area contributed by atoms with Crippen LogP contribution in [-0.2, 0) is 14.3 Å². The Hall–Kier alpha value is -1.92. The lowest BCUT2D eigenvalue weighted by Gasteiger charge is -2.24. The van der Waals surface area contributed by atoms with Crippen molar-refractivity contribution in [1.82, 2.24) is 5.32 Å². The van der Waals surface area contributed by atoms with Gasteiger partial charge in [-0.25, -0.2) is 0 Å². The summed E-state index contributed by atoms with van der Waals surface area (Å²) in [4.78, 5) is 26.1. The molecule has 3 atom stereocenters. The molecule has 1 amide bonds. The molecule has 0 aromatic heterocycles. The summed E-state index contributed by atoms with van der Waals surface area (Å²) in [5.74, 6) is -0.485. The predicted molar refractivity (Wildman–Crippen MR) is 255 cm³/mol. The normalized spacial score (nSPS) is 13.5. The summed E-state index contributed by atoms with van der Waals surface area (Å²) in [7, 11) is 0. The van der Waals surface area contributed by atoms with Gasteiger partial charge in [0.05, 0.1) is 25.2 Å². The van der Waals surface area contributed by atoms with Crippen LogP contribution in [-0.4, -0.2) is 46.9 Å². The van der Waals surface area contributed by atoms with E-state index in [9.17, 15) is 19.8 Å². The maximum absolute atomic E-state index is 13.2. The largest absolute Gasteiger partial charge is 0.462 e. The van der Waals surface area contributed by atoms with Gasteiger partial charge in [-0.2, -0.15) is 0 Å². The average molecular weight is 830 g/mol. The molecule has 0 radical (unpaired) electrons. The van der Waals surface area contributed by atoms with Crippen molar-refractivity contribution in [2.45, 2.75) is 283 Å². The Balaban J connectivity index is 4.54. The summed E-state index contributed by atoms with van der Waals surface area (Å²) in [6, 6.07) is -0.705. The summed E-state index contributed by atoms with van der Waals surface area (Å²) in [6.45, 7) is 6.36. The third kappa shape index (κ3) is 42.6. The summed E-state index contributed by atoms with van der Waals surface area (Å²) < 4.78 is 5.92. The number of carbonyl (C=O) groups excluding carboxylic acids is 2. The monoisotopic (exact) mass is 830 g/mol. The first-order valence-corrected chi connectivity index (χ1v) is 25.7. The van der Waals surface area contributed by atoms with Crippen LogP contribution >= 0.6 is 0 Å². The summed E-state index contributed by atoms with van der Waals surface area (Å²) in [6.07, 6.45) is 54.9. The molecule has 0 aromatic carbocycles. The molecule has 0 heterocycles. The first kappa shape index (κ1) is 57.1. The van der Waals surface area contributed by atoms with E-state index in [0.717, 1.165) is 77.0 Å². The van der Waals surface area contributed by atoms with Gasteiger partial charge in [0.1, 0.15) is 6.10 Å². The van der Waals surface area contributed by atoms with Crippen LogP contribution in [0.25, 0.3) is 0 Å². The SMILES string of the molecule is CC/C=C/C=C/C=C/CCCCCCCC(CC(=O)NC(CO)C(O)CCCCCCCCCCCCCCCCC)OC(=O)CCCCCCCCCCCCCC. The van der Waals surface area contributed by atoms with Crippen LogP contribution in [0, 0.1) is 0 Å². The van der Waals surface area contributed by atoms with E-state index in [1.165, 1.54) is 141 Å². The van der Waals surface area contributed by atoms with Gasteiger partial charge in [-0.05, 0) is 44.9 Å².